The molecule has 0 saturated carbocycles. The summed E-state index contributed by atoms with van der Waals surface area (Å²) >= 11 is 0. The number of quaternary nitrogens is 1. The smallest absolute Gasteiger partial charge is 0.359 e. The summed E-state index contributed by atoms with van der Waals surface area (Å²) in [5, 5.41) is 8.74. The molecule has 0 aliphatic rings. The zero-order valence-corrected chi connectivity index (χ0v) is 10.6. The Kier molecular flexibility index (Phi) is 8.68. The minimum absolute atomic E-state index is 0. The molecule has 0 heterocycles. The molecule has 0 radical (unpaired) electrons. The van der Waals surface area contributed by atoms with Crippen LogP contribution < -0.4 is 12.4 Å². The van der Waals surface area contributed by atoms with Gasteiger partial charge in [0.25, 0.3) is 0 Å². The molecule has 0 rings (SSSR count). The first-order chi connectivity index (χ1) is 6.40. The number of halogens is 1. The van der Waals surface area contributed by atoms with Crippen molar-refractivity contribution in [3.8, 4) is 0 Å². The lowest BCUT2D eigenvalue weighted by Crippen LogP contribution is -3.00. The zero-order chi connectivity index (χ0) is 11.2. The molecular formula is C11H22ClNO2. The summed E-state index contributed by atoms with van der Waals surface area (Å²) in [6, 6.07) is 0.381. The number of carbonyl (C=O) groups is 1. The second-order valence-electron chi connectivity index (χ2n) is 4.40. The summed E-state index contributed by atoms with van der Waals surface area (Å²) < 4.78 is 0.548. The van der Waals surface area contributed by atoms with Gasteiger partial charge in [0.05, 0.1) is 20.1 Å². The van der Waals surface area contributed by atoms with Gasteiger partial charge in [-0.05, 0) is 26.2 Å². The average molecular weight is 236 g/mol. The topological polar surface area (TPSA) is 37.3 Å². The van der Waals surface area contributed by atoms with Crippen LogP contribution >= 0.6 is 0 Å². The van der Waals surface area contributed by atoms with Gasteiger partial charge in [-0.3, -0.25) is 0 Å². The highest BCUT2D eigenvalue weighted by molar-refractivity contribution is 5.67. The predicted octanol–water partition coefficient (Wildman–Crippen LogP) is -1.10. The summed E-state index contributed by atoms with van der Waals surface area (Å²) in [5.41, 5.74) is 0. The van der Waals surface area contributed by atoms with E-state index in [0.29, 0.717) is 10.5 Å². The molecule has 90 valence electrons. The molecule has 0 bridgehead atoms. The maximum Gasteiger partial charge on any atom is 0.359 e. The van der Waals surface area contributed by atoms with Crippen molar-refractivity contribution in [2.24, 2.45) is 0 Å². The number of nitrogens with zero attached hydrogens (tertiary/aromatic N) is 1. The number of carboxylic acids is 1. The van der Waals surface area contributed by atoms with E-state index < -0.39 is 5.97 Å². The Morgan fingerprint density at radius 3 is 2.47 bits per heavy atom. The van der Waals surface area contributed by atoms with E-state index in [9.17, 15) is 4.79 Å². The molecule has 15 heavy (non-hydrogen) atoms. The summed E-state index contributed by atoms with van der Waals surface area (Å²) in [4.78, 5) is 10.6. The van der Waals surface area contributed by atoms with Crippen molar-refractivity contribution in [2.75, 3.05) is 20.6 Å². The maximum absolute atomic E-state index is 10.6. The number of hydrogen-bond acceptors (Lipinski definition) is 1. The number of unbranched alkanes of at least 4 members (excludes halogenated alkanes) is 1. The second-order valence-corrected chi connectivity index (χ2v) is 4.40. The first-order valence-corrected chi connectivity index (χ1v) is 5.05. The van der Waals surface area contributed by atoms with Crippen molar-refractivity contribution in [2.45, 2.75) is 32.2 Å². The van der Waals surface area contributed by atoms with E-state index in [1.807, 2.05) is 20.2 Å². The third-order valence-corrected chi connectivity index (χ3v) is 2.77. The number of allylic oxidation sites excluding steroid dienone is 1. The number of likely N-dealkylation sites (N-methyl/N-ethyl adjacent to an activating group) is 1. The zero-order valence-electron chi connectivity index (χ0n) is 9.87. The van der Waals surface area contributed by atoms with Crippen LogP contribution in [0.3, 0.4) is 0 Å². The van der Waals surface area contributed by atoms with Crippen LogP contribution in [0.25, 0.3) is 0 Å². The molecule has 1 atom stereocenters. The fourth-order valence-electron chi connectivity index (χ4n) is 1.41. The molecule has 3 nitrogen and oxygen atoms in total. The lowest BCUT2D eigenvalue weighted by atomic mass is 10.1. The first-order valence-electron chi connectivity index (χ1n) is 5.05. The van der Waals surface area contributed by atoms with Crippen molar-refractivity contribution in [1.29, 1.82) is 0 Å². The SMILES string of the molecule is C=CCCCC(C)[N+](C)(C)CC(=O)O.[Cl-]. The number of carboxylic acid groups (broad SMARTS) is 1. The molecule has 0 aromatic rings. The summed E-state index contributed by atoms with van der Waals surface area (Å²) in [6.07, 6.45) is 5.06. The van der Waals surface area contributed by atoms with Gasteiger partial charge in [0.15, 0.2) is 6.54 Å². The Labute approximate surface area is 98.8 Å². The average Bonchev–Trinajstić information content (AvgIpc) is 2.02. The molecule has 1 unspecified atom stereocenters. The Morgan fingerprint density at radius 2 is 2.07 bits per heavy atom. The summed E-state index contributed by atoms with van der Waals surface area (Å²) in [6.45, 7) is 5.96. The van der Waals surface area contributed by atoms with Crippen LogP contribution in [0.4, 0.5) is 0 Å². The highest BCUT2D eigenvalue weighted by Crippen LogP contribution is 2.13. The molecule has 0 aliphatic heterocycles. The van der Waals surface area contributed by atoms with Crippen LogP contribution in [-0.4, -0.2) is 42.2 Å². The lowest BCUT2D eigenvalue weighted by molar-refractivity contribution is -0.906. The Hall–Kier alpha value is -0.540. The molecule has 0 aliphatic carbocycles. The van der Waals surface area contributed by atoms with Gasteiger partial charge in [-0.25, -0.2) is 4.79 Å². The van der Waals surface area contributed by atoms with Gasteiger partial charge in [-0.2, -0.15) is 0 Å². The minimum Gasteiger partial charge on any atom is -1.00 e. The van der Waals surface area contributed by atoms with Crippen molar-refractivity contribution in [3.05, 3.63) is 12.7 Å². The number of hydrogen-bond donors (Lipinski definition) is 1. The van der Waals surface area contributed by atoms with Gasteiger partial charge >= 0.3 is 5.97 Å². The largest absolute Gasteiger partial charge is 1.00 e. The quantitative estimate of drug-likeness (QED) is 0.346. The maximum atomic E-state index is 10.6. The minimum atomic E-state index is -0.731. The third-order valence-electron chi connectivity index (χ3n) is 2.77. The summed E-state index contributed by atoms with van der Waals surface area (Å²) in [7, 11) is 3.93. The fraction of sp³-hybridized carbons (Fsp3) is 0.727. The van der Waals surface area contributed by atoms with Gasteiger partial charge in [0, 0.05) is 0 Å². The van der Waals surface area contributed by atoms with E-state index in [0.717, 1.165) is 19.3 Å². The monoisotopic (exact) mass is 235 g/mol. The van der Waals surface area contributed by atoms with Crippen LogP contribution in [0.5, 0.6) is 0 Å². The van der Waals surface area contributed by atoms with Crippen molar-refractivity contribution in [3.63, 3.8) is 0 Å². The van der Waals surface area contributed by atoms with Crippen LogP contribution in [-0.2, 0) is 4.79 Å². The first kappa shape index (κ1) is 16.9. The van der Waals surface area contributed by atoms with Gasteiger partial charge in [0.2, 0.25) is 0 Å². The molecule has 0 aromatic heterocycles. The van der Waals surface area contributed by atoms with E-state index in [1.54, 1.807) is 0 Å². The highest BCUT2D eigenvalue weighted by atomic mass is 35.5. The van der Waals surface area contributed by atoms with Gasteiger partial charge in [-0.1, -0.05) is 6.08 Å². The second kappa shape index (κ2) is 7.71. The van der Waals surface area contributed by atoms with Crippen molar-refractivity contribution >= 4 is 5.97 Å². The highest BCUT2D eigenvalue weighted by Gasteiger charge is 2.26. The van der Waals surface area contributed by atoms with Crippen molar-refractivity contribution in [1.82, 2.24) is 0 Å². The molecule has 0 fully saturated rings. The molecule has 0 saturated heterocycles. The van der Waals surface area contributed by atoms with Gasteiger partial charge in [0.1, 0.15) is 0 Å². The molecular weight excluding hydrogens is 214 g/mol. The summed E-state index contributed by atoms with van der Waals surface area (Å²) in [5.74, 6) is -0.731. The molecule has 0 amide bonds. The Morgan fingerprint density at radius 1 is 1.53 bits per heavy atom. The molecule has 0 spiro atoms. The van der Waals surface area contributed by atoms with E-state index >= 15 is 0 Å². The number of rotatable bonds is 7. The van der Waals surface area contributed by atoms with E-state index in [1.165, 1.54) is 0 Å². The third kappa shape index (κ3) is 7.40. The molecule has 1 N–H and O–H groups in total. The lowest BCUT2D eigenvalue weighted by Gasteiger charge is -2.34. The molecule has 0 aromatic carbocycles. The Bertz CT molecular complexity index is 205. The van der Waals surface area contributed by atoms with Gasteiger partial charge in [-0.15, -0.1) is 6.58 Å². The van der Waals surface area contributed by atoms with Gasteiger partial charge < -0.3 is 22.0 Å². The van der Waals surface area contributed by atoms with E-state index in [-0.39, 0.29) is 19.0 Å². The fourth-order valence-corrected chi connectivity index (χ4v) is 1.41. The van der Waals surface area contributed by atoms with Crippen molar-refractivity contribution < 1.29 is 26.8 Å². The standard InChI is InChI=1S/C11H21NO2.ClH/c1-5-6-7-8-10(2)12(3,4)9-11(13)14;/h5,10H,1,6-9H2,2-4H3;1H. The molecule has 4 heteroatoms. The van der Waals surface area contributed by atoms with Crippen LogP contribution in [0.1, 0.15) is 26.2 Å². The van der Waals surface area contributed by atoms with Crippen LogP contribution in [0.2, 0.25) is 0 Å². The predicted molar refractivity (Wildman–Crippen MR) is 58.1 cm³/mol. The van der Waals surface area contributed by atoms with E-state index in [4.69, 9.17) is 5.11 Å². The Balaban J connectivity index is 0. The normalized spacial score (nSPS) is 12.7. The van der Waals surface area contributed by atoms with Crippen LogP contribution in [0, 0.1) is 0 Å². The van der Waals surface area contributed by atoms with Crippen LogP contribution in [0.15, 0.2) is 12.7 Å². The number of aliphatic carboxylic acids is 1. The van der Waals surface area contributed by atoms with E-state index in [2.05, 4.69) is 13.5 Å².